The molecule has 1 unspecified atom stereocenters. The standard InChI is InChI=1S/C23H24ClN3O2/c24-19-5-3-18(4-6-19)22(26-11-1-2-12-26)17-23(29)27-15-13-25(14-16-27)20-7-9-21(28)10-8-20/h1-12,22,28H,13-17H2. The average Bonchev–Trinajstić information content (AvgIpc) is 3.28. The summed E-state index contributed by atoms with van der Waals surface area (Å²) in [4.78, 5) is 17.3. The van der Waals surface area contributed by atoms with E-state index in [4.69, 9.17) is 11.6 Å². The molecule has 0 spiro atoms. The summed E-state index contributed by atoms with van der Waals surface area (Å²) >= 11 is 6.04. The first kappa shape index (κ1) is 19.4. The number of aromatic nitrogens is 1. The zero-order valence-electron chi connectivity index (χ0n) is 16.1. The molecule has 4 rings (SSSR count). The molecule has 1 atom stereocenters. The van der Waals surface area contributed by atoms with Crippen LogP contribution in [0.25, 0.3) is 0 Å². The predicted octanol–water partition coefficient (Wildman–Crippen LogP) is 4.18. The zero-order chi connectivity index (χ0) is 20.2. The lowest BCUT2D eigenvalue weighted by Gasteiger charge is -2.37. The molecule has 1 amide bonds. The van der Waals surface area contributed by atoms with Crippen LogP contribution in [-0.2, 0) is 4.79 Å². The molecule has 6 heteroatoms. The molecule has 1 N–H and O–H groups in total. The smallest absolute Gasteiger partial charge is 0.225 e. The normalized spacial score (nSPS) is 15.3. The molecule has 3 aromatic rings. The van der Waals surface area contributed by atoms with Crippen molar-refractivity contribution in [3.05, 3.63) is 83.6 Å². The SMILES string of the molecule is O=C(CC(c1ccc(Cl)cc1)n1cccc1)N1CCN(c2ccc(O)cc2)CC1. The van der Waals surface area contributed by atoms with E-state index in [9.17, 15) is 9.90 Å². The molecule has 5 nitrogen and oxygen atoms in total. The van der Waals surface area contributed by atoms with Crippen molar-refractivity contribution >= 4 is 23.2 Å². The molecule has 150 valence electrons. The third-order valence-electron chi connectivity index (χ3n) is 5.46. The largest absolute Gasteiger partial charge is 0.508 e. The Morgan fingerprint density at radius 3 is 2.17 bits per heavy atom. The summed E-state index contributed by atoms with van der Waals surface area (Å²) in [5, 5.41) is 10.2. The van der Waals surface area contributed by atoms with E-state index >= 15 is 0 Å². The van der Waals surface area contributed by atoms with E-state index < -0.39 is 0 Å². The van der Waals surface area contributed by atoms with E-state index in [2.05, 4.69) is 9.47 Å². The number of amides is 1. The molecule has 1 aromatic heterocycles. The lowest BCUT2D eigenvalue weighted by molar-refractivity contribution is -0.132. The number of nitrogens with zero attached hydrogens (tertiary/aromatic N) is 3. The molecule has 0 aliphatic carbocycles. The molecule has 0 saturated carbocycles. The van der Waals surface area contributed by atoms with Gasteiger partial charge in [0.15, 0.2) is 0 Å². The first-order valence-corrected chi connectivity index (χ1v) is 10.2. The molecule has 2 aromatic carbocycles. The van der Waals surface area contributed by atoms with Crippen LogP contribution in [0, 0.1) is 0 Å². The van der Waals surface area contributed by atoms with Crippen LogP contribution in [0.1, 0.15) is 18.0 Å². The fraction of sp³-hybridized carbons (Fsp3) is 0.261. The molecule has 1 aliphatic rings. The quantitative estimate of drug-likeness (QED) is 0.687. The number of anilines is 1. The number of hydrogen-bond acceptors (Lipinski definition) is 3. The molecule has 0 bridgehead atoms. The van der Waals surface area contributed by atoms with Crippen LogP contribution in [0.3, 0.4) is 0 Å². The maximum Gasteiger partial charge on any atom is 0.225 e. The second-order valence-corrected chi connectivity index (χ2v) is 7.72. The van der Waals surface area contributed by atoms with Crippen LogP contribution < -0.4 is 4.90 Å². The van der Waals surface area contributed by atoms with Crippen molar-refractivity contribution in [2.75, 3.05) is 31.1 Å². The summed E-state index contributed by atoms with van der Waals surface area (Å²) in [5.41, 5.74) is 2.14. The number of phenolic OH excluding ortho intramolecular Hbond substituents is 1. The van der Waals surface area contributed by atoms with Crippen molar-refractivity contribution in [2.24, 2.45) is 0 Å². The molecule has 1 aliphatic heterocycles. The van der Waals surface area contributed by atoms with Crippen molar-refractivity contribution < 1.29 is 9.90 Å². The van der Waals surface area contributed by atoms with Gasteiger partial charge in [-0.15, -0.1) is 0 Å². The third kappa shape index (κ3) is 4.57. The van der Waals surface area contributed by atoms with Crippen molar-refractivity contribution in [2.45, 2.75) is 12.5 Å². The molecule has 2 heterocycles. The fourth-order valence-corrected chi connectivity index (χ4v) is 3.93. The summed E-state index contributed by atoms with van der Waals surface area (Å²) in [6.07, 6.45) is 4.40. The first-order chi connectivity index (χ1) is 14.1. The van der Waals surface area contributed by atoms with Crippen LogP contribution in [0.4, 0.5) is 5.69 Å². The molecule has 29 heavy (non-hydrogen) atoms. The van der Waals surface area contributed by atoms with Gasteiger partial charge in [0, 0.05) is 49.3 Å². The van der Waals surface area contributed by atoms with E-state index in [-0.39, 0.29) is 17.7 Å². The monoisotopic (exact) mass is 409 g/mol. The lowest BCUT2D eigenvalue weighted by atomic mass is 10.0. The van der Waals surface area contributed by atoms with E-state index in [1.807, 2.05) is 65.8 Å². The van der Waals surface area contributed by atoms with Gasteiger partial charge in [0.25, 0.3) is 0 Å². The first-order valence-electron chi connectivity index (χ1n) is 9.80. The maximum absolute atomic E-state index is 13.1. The van der Waals surface area contributed by atoms with Gasteiger partial charge >= 0.3 is 0 Å². The highest BCUT2D eigenvalue weighted by atomic mass is 35.5. The number of benzene rings is 2. The highest BCUT2D eigenvalue weighted by Crippen LogP contribution is 2.26. The maximum atomic E-state index is 13.1. The van der Waals surface area contributed by atoms with E-state index in [1.54, 1.807) is 12.1 Å². The highest BCUT2D eigenvalue weighted by Gasteiger charge is 2.25. The van der Waals surface area contributed by atoms with Crippen LogP contribution in [0.15, 0.2) is 73.1 Å². The van der Waals surface area contributed by atoms with Crippen LogP contribution >= 0.6 is 11.6 Å². The zero-order valence-corrected chi connectivity index (χ0v) is 16.9. The van der Waals surface area contributed by atoms with Crippen molar-refractivity contribution in [1.29, 1.82) is 0 Å². The average molecular weight is 410 g/mol. The van der Waals surface area contributed by atoms with Crippen molar-refractivity contribution in [3.8, 4) is 5.75 Å². The molecule has 1 fully saturated rings. The Bertz CT molecular complexity index is 931. The van der Waals surface area contributed by atoms with Gasteiger partial charge in [-0.2, -0.15) is 0 Å². The number of carbonyl (C=O) groups is 1. The molecule has 1 saturated heterocycles. The molecule has 0 radical (unpaired) electrons. The number of piperazine rings is 1. The van der Waals surface area contributed by atoms with Gasteiger partial charge in [-0.3, -0.25) is 4.79 Å². The van der Waals surface area contributed by atoms with E-state index in [0.717, 1.165) is 24.3 Å². The Morgan fingerprint density at radius 2 is 1.55 bits per heavy atom. The van der Waals surface area contributed by atoms with Crippen molar-refractivity contribution in [1.82, 2.24) is 9.47 Å². The fourth-order valence-electron chi connectivity index (χ4n) is 3.81. The summed E-state index contributed by atoms with van der Waals surface area (Å²) in [5.74, 6) is 0.421. The van der Waals surface area contributed by atoms with Gasteiger partial charge in [-0.1, -0.05) is 23.7 Å². The summed E-state index contributed by atoms with van der Waals surface area (Å²) < 4.78 is 2.08. The topological polar surface area (TPSA) is 48.7 Å². The summed E-state index contributed by atoms with van der Waals surface area (Å²) in [6, 6.07) is 18.8. The van der Waals surface area contributed by atoms with E-state index in [1.165, 1.54) is 0 Å². The van der Waals surface area contributed by atoms with Gasteiger partial charge in [0.05, 0.1) is 12.5 Å². The predicted molar refractivity (Wildman–Crippen MR) is 116 cm³/mol. The minimum Gasteiger partial charge on any atom is -0.508 e. The molecular formula is C23H24ClN3O2. The third-order valence-corrected chi connectivity index (χ3v) is 5.71. The number of phenols is 1. The van der Waals surface area contributed by atoms with Gasteiger partial charge in [0.1, 0.15) is 5.75 Å². The lowest BCUT2D eigenvalue weighted by Crippen LogP contribution is -2.49. The van der Waals surface area contributed by atoms with Gasteiger partial charge in [-0.05, 0) is 54.1 Å². The molecular weight excluding hydrogens is 386 g/mol. The van der Waals surface area contributed by atoms with Gasteiger partial charge in [-0.25, -0.2) is 0 Å². The van der Waals surface area contributed by atoms with Gasteiger partial charge < -0.3 is 19.5 Å². The number of halogens is 1. The summed E-state index contributed by atoms with van der Waals surface area (Å²) in [6.45, 7) is 2.95. The number of carbonyl (C=O) groups excluding carboxylic acids is 1. The minimum atomic E-state index is -0.0510. The van der Waals surface area contributed by atoms with Gasteiger partial charge in [0.2, 0.25) is 5.91 Å². The Labute approximate surface area is 175 Å². The second-order valence-electron chi connectivity index (χ2n) is 7.29. The second kappa shape index (κ2) is 8.62. The van der Waals surface area contributed by atoms with E-state index in [0.29, 0.717) is 24.5 Å². The Hall–Kier alpha value is -2.92. The Morgan fingerprint density at radius 1 is 0.931 bits per heavy atom. The number of aromatic hydroxyl groups is 1. The Kier molecular flexibility index (Phi) is 5.76. The Balaban J connectivity index is 1.42. The number of hydrogen-bond donors (Lipinski definition) is 1. The summed E-state index contributed by atoms with van der Waals surface area (Å²) in [7, 11) is 0. The van der Waals surface area contributed by atoms with Crippen LogP contribution in [0.5, 0.6) is 5.75 Å². The number of rotatable bonds is 5. The highest BCUT2D eigenvalue weighted by molar-refractivity contribution is 6.30. The van der Waals surface area contributed by atoms with Crippen LogP contribution in [-0.4, -0.2) is 46.7 Å². The van der Waals surface area contributed by atoms with Crippen molar-refractivity contribution in [3.63, 3.8) is 0 Å². The minimum absolute atomic E-state index is 0.0510. The van der Waals surface area contributed by atoms with Crippen LogP contribution in [0.2, 0.25) is 5.02 Å².